The molecule has 0 saturated carbocycles. The van der Waals surface area contributed by atoms with Gasteiger partial charge < -0.3 is 15.7 Å². The number of hydrogen-bond acceptors (Lipinski definition) is 3. The maximum atomic E-state index is 11.7. The molecule has 22 heavy (non-hydrogen) atoms. The normalized spacial score (nSPS) is 13.0. The van der Waals surface area contributed by atoms with Gasteiger partial charge in [0.1, 0.15) is 6.04 Å². The minimum Gasteiger partial charge on any atom is -0.480 e. The van der Waals surface area contributed by atoms with E-state index in [1.807, 2.05) is 37.3 Å². The zero-order chi connectivity index (χ0) is 16.5. The van der Waals surface area contributed by atoms with Gasteiger partial charge in [0.25, 0.3) is 0 Å². The van der Waals surface area contributed by atoms with E-state index < -0.39 is 17.9 Å². The van der Waals surface area contributed by atoms with Gasteiger partial charge in [0, 0.05) is 0 Å². The monoisotopic (exact) mass is 306 g/mol. The number of carbonyl (C=O) groups is 3. The van der Waals surface area contributed by atoms with Crippen LogP contribution in [0.5, 0.6) is 0 Å². The van der Waals surface area contributed by atoms with Crippen molar-refractivity contribution in [1.29, 1.82) is 0 Å². The summed E-state index contributed by atoms with van der Waals surface area (Å²) in [4.78, 5) is 34.6. The van der Waals surface area contributed by atoms with Crippen molar-refractivity contribution in [3.05, 3.63) is 35.9 Å². The van der Waals surface area contributed by atoms with Crippen LogP contribution in [0, 0.1) is 5.92 Å². The molecule has 1 aromatic rings. The SMILES string of the molecule is CC[C@H](C)[C@H](NC(=O)CNC(=O)Cc1ccccc1)C(=O)O. The van der Waals surface area contributed by atoms with Crippen molar-refractivity contribution in [2.24, 2.45) is 5.92 Å². The molecule has 6 nitrogen and oxygen atoms in total. The van der Waals surface area contributed by atoms with E-state index in [1.54, 1.807) is 6.92 Å². The van der Waals surface area contributed by atoms with Crippen molar-refractivity contribution in [1.82, 2.24) is 10.6 Å². The molecule has 0 bridgehead atoms. The van der Waals surface area contributed by atoms with Crippen molar-refractivity contribution in [3.63, 3.8) is 0 Å². The second-order valence-electron chi connectivity index (χ2n) is 5.21. The van der Waals surface area contributed by atoms with Crippen LogP contribution in [0.15, 0.2) is 30.3 Å². The van der Waals surface area contributed by atoms with Gasteiger partial charge in [-0.2, -0.15) is 0 Å². The lowest BCUT2D eigenvalue weighted by Crippen LogP contribution is -2.48. The van der Waals surface area contributed by atoms with E-state index in [2.05, 4.69) is 10.6 Å². The van der Waals surface area contributed by atoms with E-state index in [-0.39, 0.29) is 24.8 Å². The number of aliphatic carboxylic acids is 1. The average Bonchev–Trinajstić information content (AvgIpc) is 2.50. The van der Waals surface area contributed by atoms with Crippen LogP contribution < -0.4 is 10.6 Å². The molecule has 2 atom stereocenters. The summed E-state index contributed by atoms with van der Waals surface area (Å²) in [5, 5.41) is 14.0. The first kappa shape index (κ1) is 17.7. The van der Waals surface area contributed by atoms with E-state index in [4.69, 9.17) is 5.11 Å². The fourth-order valence-corrected chi connectivity index (χ4v) is 1.93. The lowest BCUT2D eigenvalue weighted by Gasteiger charge is -2.20. The van der Waals surface area contributed by atoms with Crippen LogP contribution in [0.25, 0.3) is 0 Å². The largest absolute Gasteiger partial charge is 0.480 e. The summed E-state index contributed by atoms with van der Waals surface area (Å²) in [5.41, 5.74) is 0.850. The summed E-state index contributed by atoms with van der Waals surface area (Å²) in [6, 6.07) is 8.23. The summed E-state index contributed by atoms with van der Waals surface area (Å²) in [6.45, 7) is 3.38. The Bertz CT molecular complexity index is 516. The van der Waals surface area contributed by atoms with Crippen molar-refractivity contribution in [3.8, 4) is 0 Å². The first-order valence-corrected chi connectivity index (χ1v) is 7.26. The highest BCUT2D eigenvalue weighted by atomic mass is 16.4. The number of carbonyl (C=O) groups excluding carboxylic acids is 2. The minimum atomic E-state index is -1.07. The van der Waals surface area contributed by atoms with Crippen LogP contribution in [0.2, 0.25) is 0 Å². The number of hydrogen-bond donors (Lipinski definition) is 3. The number of amides is 2. The number of rotatable bonds is 8. The second kappa shape index (κ2) is 8.81. The number of carboxylic acid groups (broad SMARTS) is 1. The third-order valence-electron chi connectivity index (χ3n) is 3.45. The van der Waals surface area contributed by atoms with Gasteiger partial charge in [0.2, 0.25) is 11.8 Å². The number of nitrogens with one attached hydrogen (secondary N) is 2. The van der Waals surface area contributed by atoms with Gasteiger partial charge >= 0.3 is 5.97 Å². The van der Waals surface area contributed by atoms with Gasteiger partial charge in [-0.1, -0.05) is 50.6 Å². The lowest BCUT2D eigenvalue weighted by atomic mass is 9.99. The smallest absolute Gasteiger partial charge is 0.326 e. The minimum absolute atomic E-state index is 0.179. The summed E-state index contributed by atoms with van der Waals surface area (Å²) >= 11 is 0. The molecule has 6 heteroatoms. The Balaban J connectivity index is 2.41. The molecular weight excluding hydrogens is 284 g/mol. The third-order valence-corrected chi connectivity index (χ3v) is 3.45. The van der Waals surface area contributed by atoms with Crippen molar-refractivity contribution in [2.45, 2.75) is 32.7 Å². The molecule has 0 aromatic heterocycles. The van der Waals surface area contributed by atoms with Crippen molar-refractivity contribution < 1.29 is 19.5 Å². The van der Waals surface area contributed by atoms with Crippen molar-refractivity contribution in [2.75, 3.05) is 6.54 Å². The molecule has 1 rings (SSSR count). The average molecular weight is 306 g/mol. The van der Waals surface area contributed by atoms with E-state index in [0.29, 0.717) is 6.42 Å². The van der Waals surface area contributed by atoms with Gasteiger partial charge in [-0.25, -0.2) is 4.79 Å². The third kappa shape index (κ3) is 5.95. The Labute approximate surface area is 129 Å². The fourth-order valence-electron chi connectivity index (χ4n) is 1.93. The van der Waals surface area contributed by atoms with Crippen LogP contribution in [0.4, 0.5) is 0 Å². The first-order chi connectivity index (χ1) is 10.4. The topological polar surface area (TPSA) is 95.5 Å². The molecular formula is C16H22N2O4. The highest BCUT2D eigenvalue weighted by molar-refractivity contribution is 5.88. The number of carboxylic acids is 1. The van der Waals surface area contributed by atoms with Crippen LogP contribution in [-0.2, 0) is 20.8 Å². The van der Waals surface area contributed by atoms with Crippen molar-refractivity contribution >= 4 is 17.8 Å². The highest BCUT2D eigenvalue weighted by Gasteiger charge is 2.25. The van der Waals surface area contributed by atoms with E-state index >= 15 is 0 Å². The van der Waals surface area contributed by atoms with Crippen LogP contribution in [-0.4, -0.2) is 35.5 Å². The predicted octanol–water partition coefficient (Wildman–Crippen LogP) is 0.961. The first-order valence-electron chi connectivity index (χ1n) is 7.26. The fraction of sp³-hybridized carbons (Fsp3) is 0.438. The summed E-state index contributed by atoms with van der Waals surface area (Å²) in [7, 11) is 0. The summed E-state index contributed by atoms with van der Waals surface area (Å²) < 4.78 is 0. The van der Waals surface area contributed by atoms with E-state index in [9.17, 15) is 14.4 Å². The maximum Gasteiger partial charge on any atom is 0.326 e. The zero-order valence-corrected chi connectivity index (χ0v) is 12.8. The van der Waals surface area contributed by atoms with Crippen LogP contribution in [0.1, 0.15) is 25.8 Å². The van der Waals surface area contributed by atoms with Gasteiger partial charge in [0.15, 0.2) is 0 Å². The molecule has 0 unspecified atom stereocenters. The summed E-state index contributed by atoms with van der Waals surface area (Å²) in [6.07, 6.45) is 0.819. The van der Waals surface area contributed by atoms with Crippen LogP contribution >= 0.6 is 0 Å². The molecule has 0 aliphatic carbocycles. The Kier molecular flexibility index (Phi) is 7.08. The molecule has 0 saturated heterocycles. The standard InChI is InChI=1S/C16H22N2O4/c1-3-11(2)15(16(21)22)18-14(20)10-17-13(19)9-12-7-5-4-6-8-12/h4-8,11,15H,3,9-10H2,1-2H3,(H,17,19)(H,18,20)(H,21,22)/t11-,15-/m0/s1. The van der Waals surface area contributed by atoms with E-state index in [1.165, 1.54) is 0 Å². The van der Waals surface area contributed by atoms with Gasteiger partial charge in [-0.15, -0.1) is 0 Å². The quantitative estimate of drug-likeness (QED) is 0.666. The molecule has 2 amide bonds. The molecule has 3 N–H and O–H groups in total. The zero-order valence-electron chi connectivity index (χ0n) is 12.8. The van der Waals surface area contributed by atoms with Gasteiger partial charge in [-0.3, -0.25) is 9.59 Å². The Morgan fingerprint density at radius 3 is 2.32 bits per heavy atom. The molecule has 0 fully saturated rings. The molecule has 120 valence electrons. The Morgan fingerprint density at radius 2 is 1.77 bits per heavy atom. The summed E-state index contributed by atoms with van der Waals surface area (Å²) in [5.74, 6) is -2.04. The molecule has 0 aliphatic rings. The van der Waals surface area contributed by atoms with E-state index in [0.717, 1.165) is 5.56 Å². The predicted molar refractivity (Wildman–Crippen MR) is 82.2 cm³/mol. The Hall–Kier alpha value is -2.37. The molecule has 0 spiro atoms. The molecule has 0 aliphatic heterocycles. The van der Waals surface area contributed by atoms with Gasteiger partial charge in [0.05, 0.1) is 13.0 Å². The molecule has 0 radical (unpaired) electrons. The second-order valence-corrected chi connectivity index (χ2v) is 5.21. The number of benzene rings is 1. The molecule has 1 aromatic carbocycles. The molecule has 0 heterocycles. The van der Waals surface area contributed by atoms with Crippen LogP contribution in [0.3, 0.4) is 0 Å². The maximum absolute atomic E-state index is 11.7. The van der Waals surface area contributed by atoms with Gasteiger partial charge in [-0.05, 0) is 11.5 Å². The highest BCUT2D eigenvalue weighted by Crippen LogP contribution is 2.07. The lowest BCUT2D eigenvalue weighted by molar-refractivity contribution is -0.143. The Morgan fingerprint density at radius 1 is 1.14 bits per heavy atom.